The third kappa shape index (κ3) is 4.84. The summed E-state index contributed by atoms with van der Waals surface area (Å²) in [6, 6.07) is 13.1. The molecule has 4 heterocycles. The molecule has 0 bridgehead atoms. The first kappa shape index (κ1) is 22.5. The number of benzene rings is 1. The Labute approximate surface area is 197 Å². The topological polar surface area (TPSA) is 48.9 Å². The van der Waals surface area contributed by atoms with Gasteiger partial charge in [0.15, 0.2) is 0 Å². The molecule has 176 valence electrons. The van der Waals surface area contributed by atoms with Crippen molar-refractivity contribution in [2.45, 2.75) is 57.8 Å². The number of fused-ring (bicyclic) bond motifs is 1. The molecule has 0 N–H and O–H groups in total. The third-order valence-electron chi connectivity index (χ3n) is 7.77. The van der Waals surface area contributed by atoms with Gasteiger partial charge in [0.05, 0.1) is 43.5 Å². The number of nitrogens with zero attached hydrogens (tertiary/aromatic N) is 4. The number of hydrogen-bond acceptors (Lipinski definition) is 5. The Bertz CT molecular complexity index is 960. The quantitative estimate of drug-likeness (QED) is 0.704. The van der Waals surface area contributed by atoms with Crippen LogP contribution in [0.1, 0.15) is 35.2 Å². The average Bonchev–Trinajstić information content (AvgIpc) is 3.37. The first-order valence-corrected chi connectivity index (χ1v) is 12.4. The van der Waals surface area contributed by atoms with Crippen LogP contribution in [0.3, 0.4) is 0 Å². The number of ether oxygens (including phenoxy) is 1. The van der Waals surface area contributed by atoms with Crippen LogP contribution in [0.25, 0.3) is 0 Å². The number of piperazine rings is 1. The van der Waals surface area contributed by atoms with Crippen molar-refractivity contribution in [3.63, 3.8) is 0 Å². The van der Waals surface area contributed by atoms with Crippen LogP contribution in [0.4, 0.5) is 0 Å². The molecule has 1 aromatic heterocycles. The minimum absolute atomic E-state index is 0.161. The van der Waals surface area contributed by atoms with E-state index in [4.69, 9.17) is 4.74 Å². The second kappa shape index (κ2) is 9.92. The van der Waals surface area contributed by atoms with Gasteiger partial charge in [-0.1, -0.05) is 24.3 Å². The van der Waals surface area contributed by atoms with Crippen molar-refractivity contribution in [3.05, 3.63) is 65.0 Å². The van der Waals surface area contributed by atoms with Crippen LogP contribution in [-0.2, 0) is 22.5 Å². The fourth-order valence-electron chi connectivity index (χ4n) is 5.82. The number of rotatable bonds is 5. The maximum atomic E-state index is 13.7. The minimum Gasteiger partial charge on any atom is -0.378 e. The minimum atomic E-state index is 0.161. The molecule has 3 aliphatic rings. The lowest BCUT2D eigenvalue weighted by atomic mass is 9.90. The summed E-state index contributed by atoms with van der Waals surface area (Å²) < 4.78 is 6.17. The summed E-state index contributed by atoms with van der Waals surface area (Å²) >= 11 is 0. The smallest absolute Gasteiger partial charge is 0.227 e. The number of pyridine rings is 1. The van der Waals surface area contributed by atoms with Gasteiger partial charge in [-0.25, -0.2) is 0 Å². The fraction of sp³-hybridized carbons (Fsp3) is 0.556. The highest BCUT2D eigenvalue weighted by atomic mass is 16.5. The Kier molecular flexibility index (Phi) is 6.76. The average molecular weight is 449 g/mol. The Morgan fingerprint density at radius 2 is 1.82 bits per heavy atom. The summed E-state index contributed by atoms with van der Waals surface area (Å²) in [6.07, 6.45) is 4.81. The summed E-state index contributed by atoms with van der Waals surface area (Å²) in [5, 5.41) is 0. The molecule has 0 spiro atoms. The van der Waals surface area contributed by atoms with Crippen LogP contribution >= 0.6 is 0 Å². The van der Waals surface area contributed by atoms with Gasteiger partial charge in [0, 0.05) is 25.8 Å². The molecule has 3 atom stereocenters. The van der Waals surface area contributed by atoms with Crippen molar-refractivity contribution in [2.24, 2.45) is 0 Å². The van der Waals surface area contributed by atoms with Crippen molar-refractivity contribution < 1.29 is 9.53 Å². The maximum Gasteiger partial charge on any atom is 0.227 e. The Morgan fingerprint density at radius 3 is 2.58 bits per heavy atom. The van der Waals surface area contributed by atoms with Gasteiger partial charge in [0.1, 0.15) is 0 Å². The van der Waals surface area contributed by atoms with E-state index in [0.717, 1.165) is 44.0 Å². The van der Waals surface area contributed by atoms with E-state index in [0.29, 0.717) is 19.6 Å². The molecule has 2 aromatic rings. The van der Waals surface area contributed by atoms with E-state index in [1.165, 1.54) is 24.0 Å². The van der Waals surface area contributed by atoms with Gasteiger partial charge in [-0.05, 0) is 68.6 Å². The van der Waals surface area contributed by atoms with Gasteiger partial charge >= 0.3 is 0 Å². The van der Waals surface area contributed by atoms with Crippen LogP contribution in [0.2, 0.25) is 0 Å². The number of carbonyl (C=O) groups excluding carboxylic acids is 1. The van der Waals surface area contributed by atoms with Gasteiger partial charge in [-0.15, -0.1) is 0 Å². The number of aromatic nitrogens is 1. The van der Waals surface area contributed by atoms with Crippen LogP contribution in [0.15, 0.2) is 42.6 Å². The molecule has 3 aliphatic heterocycles. The van der Waals surface area contributed by atoms with Crippen LogP contribution in [-0.4, -0.2) is 83.1 Å². The summed E-state index contributed by atoms with van der Waals surface area (Å²) in [7, 11) is 0. The molecule has 1 unspecified atom stereocenters. The molecule has 1 amide bonds. The van der Waals surface area contributed by atoms with Gasteiger partial charge in [-0.2, -0.15) is 0 Å². The normalized spacial score (nSPS) is 26.4. The molecule has 33 heavy (non-hydrogen) atoms. The predicted octanol–water partition coefficient (Wildman–Crippen LogP) is 2.82. The third-order valence-corrected chi connectivity index (χ3v) is 7.77. The van der Waals surface area contributed by atoms with Crippen LogP contribution in [0, 0.1) is 13.8 Å². The first-order valence-electron chi connectivity index (χ1n) is 12.4. The van der Waals surface area contributed by atoms with E-state index < -0.39 is 0 Å². The lowest BCUT2D eigenvalue weighted by Gasteiger charge is -2.54. The van der Waals surface area contributed by atoms with E-state index in [9.17, 15) is 4.79 Å². The van der Waals surface area contributed by atoms with Crippen LogP contribution < -0.4 is 0 Å². The summed E-state index contributed by atoms with van der Waals surface area (Å²) in [5.41, 5.74) is 4.71. The van der Waals surface area contributed by atoms with Crippen molar-refractivity contribution >= 4 is 5.91 Å². The predicted molar refractivity (Wildman–Crippen MR) is 129 cm³/mol. The molecule has 6 nitrogen and oxygen atoms in total. The summed E-state index contributed by atoms with van der Waals surface area (Å²) in [5.74, 6) is 0.247. The zero-order valence-corrected chi connectivity index (χ0v) is 19.9. The van der Waals surface area contributed by atoms with Gasteiger partial charge in [0.2, 0.25) is 5.91 Å². The van der Waals surface area contributed by atoms with E-state index >= 15 is 0 Å². The van der Waals surface area contributed by atoms with E-state index in [-0.39, 0.29) is 24.0 Å². The zero-order valence-electron chi connectivity index (χ0n) is 19.9. The monoisotopic (exact) mass is 448 g/mol. The fourth-order valence-corrected chi connectivity index (χ4v) is 5.82. The molecule has 5 rings (SSSR count). The maximum absolute atomic E-state index is 13.7. The molecule has 6 heteroatoms. The van der Waals surface area contributed by atoms with E-state index in [2.05, 4.69) is 57.8 Å². The van der Waals surface area contributed by atoms with Gasteiger partial charge in [-0.3, -0.25) is 19.6 Å². The molecule has 0 aliphatic carbocycles. The van der Waals surface area contributed by atoms with Crippen molar-refractivity contribution in [3.8, 4) is 0 Å². The Balaban J connectivity index is 1.39. The Hall–Kier alpha value is -2.28. The molecular weight excluding hydrogens is 412 g/mol. The summed E-state index contributed by atoms with van der Waals surface area (Å²) in [6.45, 7) is 10.3. The largest absolute Gasteiger partial charge is 0.378 e. The van der Waals surface area contributed by atoms with E-state index in [1.807, 2.05) is 18.3 Å². The van der Waals surface area contributed by atoms with Gasteiger partial charge in [0.25, 0.3) is 0 Å². The molecule has 0 saturated carbocycles. The molecule has 3 saturated heterocycles. The number of amides is 1. The molecular formula is C27H36N4O2. The second-order valence-corrected chi connectivity index (χ2v) is 9.88. The number of hydrogen-bond donors (Lipinski definition) is 0. The van der Waals surface area contributed by atoms with Crippen molar-refractivity contribution in [2.75, 3.05) is 39.4 Å². The highest BCUT2D eigenvalue weighted by Crippen LogP contribution is 2.30. The molecule has 3 fully saturated rings. The molecule has 0 radical (unpaired) electrons. The number of aryl methyl sites for hydroxylation is 2. The van der Waals surface area contributed by atoms with E-state index in [1.54, 1.807) is 0 Å². The zero-order chi connectivity index (χ0) is 22.8. The summed E-state index contributed by atoms with van der Waals surface area (Å²) in [4.78, 5) is 25.5. The second-order valence-electron chi connectivity index (χ2n) is 9.88. The number of likely N-dealkylation sites (tertiary alicyclic amines) is 1. The highest BCUT2D eigenvalue weighted by molar-refractivity contribution is 5.79. The van der Waals surface area contributed by atoms with Crippen molar-refractivity contribution in [1.82, 2.24) is 19.7 Å². The number of carbonyl (C=O) groups is 1. The highest BCUT2D eigenvalue weighted by Gasteiger charge is 2.47. The first-order chi connectivity index (χ1) is 16.1. The molecule has 1 aromatic carbocycles. The lowest BCUT2D eigenvalue weighted by molar-refractivity contribution is -0.153. The SMILES string of the molecule is Cc1ccc(CC(=O)N2CCN(Cc3ccccn3)[C@@H]3COC[C@H](N4CCCC4)C32)cc1C. The Morgan fingerprint density at radius 1 is 1.00 bits per heavy atom. The van der Waals surface area contributed by atoms with Crippen LogP contribution in [0.5, 0.6) is 0 Å². The van der Waals surface area contributed by atoms with Crippen molar-refractivity contribution in [1.29, 1.82) is 0 Å². The standard InChI is InChI=1S/C27H36N4O2/c1-20-8-9-22(15-21(20)2)16-26(32)31-14-13-30(17-23-7-3-4-10-28-23)25-19-33-18-24(27(25)31)29-11-5-6-12-29/h3-4,7-10,15,24-25,27H,5-6,11-14,16-19H2,1-2H3/t24-,25+,27?/m0/s1. The lowest BCUT2D eigenvalue weighted by Crippen LogP contribution is -2.71. The van der Waals surface area contributed by atoms with Gasteiger partial charge < -0.3 is 9.64 Å².